The summed E-state index contributed by atoms with van der Waals surface area (Å²) >= 11 is 0. The quantitative estimate of drug-likeness (QED) is 0.876. The number of para-hydroxylation sites is 1. The van der Waals surface area contributed by atoms with E-state index in [1.54, 1.807) is 19.2 Å². The first-order valence-electron chi connectivity index (χ1n) is 7.06. The first-order valence-corrected chi connectivity index (χ1v) is 7.06. The molecular weight excluding hydrogens is 266 g/mol. The van der Waals surface area contributed by atoms with Gasteiger partial charge < -0.3 is 19.9 Å². The van der Waals surface area contributed by atoms with Crippen molar-refractivity contribution in [2.24, 2.45) is 0 Å². The number of hydrogen-bond acceptors (Lipinski definition) is 4. The van der Waals surface area contributed by atoms with Gasteiger partial charge in [0.1, 0.15) is 5.75 Å². The molecule has 3 rings (SSSR count). The molecule has 0 aliphatic carbocycles. The zero-order valence-corrected chi connectivity index (χ0v) is 12.0. The minimum atomic E-state index is 0.320. The third kappa shape index (κ3) is 2.89. The molecule has 0 radical (unpaired) electrons. The summed E-state index contributed by atoms with van der Waals surface area (Å²) in [5.41, 5.74) is 7.68. The van der Waals surface area contributed by atoms with Crippen LogP contribution in [0.4, 0.5) is 5.69 Å². The fraction of sp³-hybridized carbons (Fsp3) is 0.294. The molecule has 1 aliphatic heterocycles. The lowest BCUT2D eigenvalue weighted by molar-refractivity contribution is 0.213. The summed E-state index contributed by atoms with van der Waals surface area (Å²) in [5.74, 6) is 2.66. The second kappa shape index (κ2) is 5.95. The van der Waals surface area contributed by atoms with E-state index in [1.807, 2.05) is 24.3 Å². The average molecular weight is 285 g/mol. The molecule has 1 aliphatic rings. The third-order valence-electron chi connectivity index (χ3n) is 3.71. The lowest BCUT2D eigenvalue weighted by Crippen LogP contribution is -2.19. The van der Waals surface area contributed by atoms with Crippen LogP contribution in [0.2, 0.25) is 0 Å². The number of benzene rings is 2. The zero-order chi connectivity index (χ0) is 14.7. The molecule has 2 aromatic rings. The number of nitrogens with two attached hydrogens (primary N) is 1. The van der Waals surface area contributed by atoms with Gasteiger partial charge in [0.25, 0.3) is 0 Å². The molecule has 4 heteroatoms. The maximum absolute atomic E-state index is 5.94. The first-order chi connectivity index (χ1) is 10.3. The molecule has 0 saturated heterocycles. The van der Waals surface area contributed by atoms with Crippen molar-refractivity contribution in [2.75, 3.05) is 26.1 Å². The maximum atomic E-state index is 5.94. The van der Waals surface area contributed by atoms with Crippen LogP contribution in [-0.2, 0) is 0 Å². The summed E-state index contributed by atoms with van der Waals surface area (Å²) in [7, 11) is 1.63. The Labute approximate surface area is 124 Å². The average Bonchev–Trinajstić information content (AvgIpc) is 2.53. The molecule has 2 N–H and O–H groups in total. The van der Waals surface area contributed by atoms with Crippen LogP contribution in [0.15, 0.2) is 42.5 Å². The van der Waals surface area contributed by atoms with Crippen molar-refractivity contribution in [3.63, 3.8) is 0 Å². The van der Waals surface area contributed by atoms with Crippen molar-refractivity contribution in [3.8, 4) is 17.2 Å². The van der Waals surface area contributed by atoms with E-state index in [0.717, 1.165) is 18.8 Å². The SMILES string of the molecule is COc1ccc(N)cc1OCC1CCOc2ccccc21. The first kappa shape index (κ1) is 13.6. The predicted molar refractivity (Wildman–Crippen MR) is 82.2 cm³/mol. The number of nitrogen functional groups attached to an aromatic ring is 1. The predicted octanol–water partition coefficient (Wildman–Crippen LogP) is 3.22. The summed E-state index contributed by atoms with van der Waals surface area (Å²) in [6, 6.07) is 13.5. The molecule has 0 spiro atoms. The molecule has 110 valence electrons. The smallest absolute Gasteiger partial charge is 0.163 e. The summed E-state index contributed by atoms with van der Waals surface area (Å²) in [4.78, 5) is 0. The molecular formula is C17H19NO3. The van der Waals surface area contributed by atoms with Crippen LogP contribution < -0.4 is 19.9 Å². The number of hydrogen-bond donors (Lipinski definition) is 1. The van der Waals surface area contributed by atoms with Gasteiger partial charge in [0.05, 0.1) is 20.3 Å². The molecule has 0 bridgehead atoms. The summed E-state index contributed by atoms with van der Waals surface area (Å²) in [5, 5.41) is 0. The van der Waals surface area contributed by atoms with Crippen LogP contribution in [0.1, 0.15) is 17.9 Å². The Morgan fingerprint density at radius 3 is 2.90 bits per heavy atom. The highest BCUT2D eigenvalue weighted by molar-refractivity contribution is 5.52. The second-order valence-corrected chi connectivity index (χ2v) is 5.09. The van der Waals surface area contributed by atoms with E-state index in [0.29, 0.717) is 29.7 Å². The largest absolute Gasteiger partial charge is 0.493 e. The number of rotatable bonds is 4. The van der Waals surface area contributed by atoms with Gasteiger partial charge in [0, 0.05) is 23.2 Å². The van der Waals surface area contributed by atoms with Crippen molar-refractivity contribution in [1.29, 1.82) is 0 Å². The molecule has 0 amide bonds. The van der Waals surface area contributed by atoms with Crippen LogP contribution in [0.25, 0.3) is 0 Å². The summed E-state index contributed by atoms with van der Waals surface area (Å²) in [6.45, 7) is 1.30. The van der Waals surface area contributed by atoms with Gasteiger partial charge in [-0.3, -0.25) is 0 Å². The number of methoxy groups -OCH3 is 1. The minimum Gasteiger partial charge on any atom is -0.493 e. The fourth-order valence-electron chi connectivity index (χ4n) is 2.59. The van der Waals surface area contributed by atoms with Gasteiger partial charge in [-0.1, -0.05) is 18.2 Å². The van der Waals surface area contributed by atoms with Gasteiger partial charge in [-0.05, 0) is 24.6 Å². The molecule has 21 heavy (non-hydrogen) atoms. The van der Waals surface area contributed by atoms with Crippen LogP contribution >= 0.6 is 0 Å². The standard InChI is InChI=1S/C17H19NO3/c1-19-16-7-6-13(18)10-17(16)21-11-12-8-9-20-15-5-3-2-4-14(12)15/h2-7,10,12H,8-9,11,18H2,1H3. The van der Waals surface area contributed by atoms with Gasteiger partial charge in [-0.15, -0.1) is 0 Å². The van der Waals surface area contributed by atoms with E-state index in [9.17, 15) is 0 Å². The maximum Gasteiger partial charge on any atom is 0.163 e. The molecule has 1 heterocycles. The van der Waals surface area contributed by atoms with Crippen LogP contribution in [0.3, 0.4) is 0 Å². The minimum absolute atomic E-state index is 0.320. The molecule has 0 aromatic heterocycles. The van der Waals surface area contributed by atoms with E-state index in [-0.39, 0.29) is 0 Å². The second-order valence-electron chi connectivity index (χ2n) is 5.09. The number of ether oxygens (including phenoxy) is 3. The van der Waals surface area contributed by atoms with Gasteiger partial charge >= 0.3 is 0 Å². The van der Waals surface area contributed by atoms with Crippen LogP contribution in [0, 0.1) is 0 Å². The van der Waals surface area contributed by atoms with Crippen molar-refractivity contribution >= 4 is 5.69 Å². The van der Waals surface area contributed by atoms with Crippen molar-refractivity contribution in [3.05, 3.63) is 48.0 Å². The van der Waals surface area contributed by atoms with Crippen LogP contribution in [0.5, 0.6) is 17.2 Å². The molecule has 4 nitrogen and oxygen atoms in total. The Kier molecular flexibility index (Phi) is 3.86. The van der Waals surface area contributed by atoms with Gasteiger partial charge in [0.2, 0.25) is 0 Å². The van der Waals surface area contributed by atoms with Crippen LogP contribution in [-0.4, -0.2) is 20.3 Å². The molecule has 0 fully saturated rings. The third-order valence-corrected chi connectivity index (χ3v) is 3.71. The number of anilines is 1. The molecule has 0 saturated carbocycles. The molecule has 2 aromatic carbocycles. The Hall–Kier alpha value is -2.36. The van der Waals surface area contributed by atoms with Crippen molar-refractivity contribution < 1.29 is 14.2 Å². The fourth-order valence-corrected chi connectivity index (χ4v) is 2.59. The number of fused-ring (bicyclic) bond motifs is 1. The normalized spacial score (nSPS) is 16.7. The molecule has 1 unspecified atom stereocenters. The molecule has 1 atom stereocenters. The Balaban J connectivity index is 1.76. The van der Waals surface area contributed by atoms with E-state index >= 15 is 0 Å². The monoisotopic (exact) mass is 285 g/mol. The Morgan fingerprint density at radius 2 is 2.05 bits per heavy atom. The Bertz CT molecular complexity index is 627. The highest BCUT2D eigenvalue weighted by Gasteiger charge is 2.22. The van der Waals surface area contributed by atoms with Gasteiger partial charge in [-0.25, -0.2) is 0 Å². The van der Waals surface area contributed by atoms with E-state index < -0.39 is 0 Å². The van der Waals surface area contributed by atoms with E-state index in [2.05, 4.69) is 6.07 Å². The summed E-state index contributed by atoms with van der Waals surface area (Å²) < 4.78 is 16.9. The van der Waals surface area contributed by atoms with Gasteiger partial charge in [-0.2, -0.15) is 0 Å². The Morgan fingerprint density at radius 1 is 1.19 bits per heavy atom. The topological polar surface area (TPSA) is 53.7 Å². The lowest BCUT2D eigenvalue weighted by Gasteiger charge is -2.26. The van der Waals surface area contributed by atoms with E-state index in [1.165, 1.54) is 5.56 Å². The van der Waals surface area contributed by atoms with Crippen molar-refractivity contribution in [1.82, 2.24) is 0 Å². The summed E-state index contributed by atoms with van der Waals surface area (Å²) in [6.07, 6.45) is 0.946. The highest BCUT2D eigenvalue weighted by Crippen LogP contribution is 2.35. The lowest BCUT2D eigenvalue weighted by atomic mass is 9.94. The highest BCUT2D eigenvalue weighted by atomic mass is 16.5. The van der Waals surface area contributed by atoms with Crippen molar-refractivity contribution in [2.45, 2.75) is 12.3 Å². The van der Waals surface area contributed by atoms with Gasteiger partial charge in [0.15, 0.2) is 11.5 Å². The zero-order valence-electron chi connectivity index (χ0n) is 12.0. The van der Waals surface area contributed by atoms with E-state index in [4.69, 9.17) is 19.9 Å².